The summed E-state index contributed by atoms with van der Waals surface area (Å²) in [6.07, 6.45) is 3.21. The fourth-order valence-electron chi connectivity index (χ4n) is 6.91. The van der Waals surface area contributed by atoms with Gasteiger partial charge in [-0.25, -0.2) is 0 Å². The summed E-state index contributed by atoms with van der Waals surface area (Å²) in [5.41, 5.74) is 0.127. The van der Waals surface area contributed by atoms with E-state index in [1.54, 1.807) is 45.9 Å². The molecule has 2 aromatic rings. The van der Waals surface area contributed by atoms with Gasteiger partial charge in [0.05, 0.1) is 36.0 Å². The Morgan fingerprint density at radius 1 is 0.934 bits per heavy atom. The van der Waals surface area contributed by atoms with Gasteiger partial charge >= 0.3 is 17.8 Å². The summed E-state index contributed by atoms with van der Waals surface area (Å²) in [7, 11) is 0. The molecular formula is C46H51N8O7+. The third-order valence-corrected chi connectivity index (χ3v) is 10.4. The fourth-order valence-corrected chi connectivity index (χ4v) is 6.91. The maximum Gasteiger partial charge on any atom is 0.403 e. The van der Waals surface area contributed by atoms with Crippen LogP contribution in [0.3, 0.4) is 0 Å². The van der Waals surface area contributed by atoms with Crippen molar-refractivity contribution in [2.75, 3.05) is 36.5 Å². The first kappa shape index (κ1) is 46.5. The number of Topliss-reactive ketones (excluding diaryl/α,β-unsaturated/α-hetero) is 1. The number of esters is 1. The summed E-state index contributed by atoms with van der Waals surface area (Å²) in [6, 6.07) is 16.6. The van der Waals surface area contributed by atoms with E-state index in [-0.39, 0.29) is 89.6 Å². The first-order chi connectivity index (χ1) is 29.1. The molecule has 15 heteroatoms. The normalized spacial score (nSPS) is 15.1. The van der Waals surface area contributed by atoms with E-state index >= 15 is 0 Å². The molecule has 316 valence electrons. The second-order valence-electron chi connectivity index (χ2n) is 15.4. The van der Waals surface area contributed by atoms with E-state index in [2.05, 4.69) is 17.3 Å². The Balaban J connectivity index is 1.61. The maximum absolute atomic E-state index is 14.0. The topological polar surface area (TPSA) is 235 Å². The van der Waals surface area contributed by atoms with E-state index in [0.29, 0.717) is 34.7 Å². The minimum absolute atomic E-state index is 0.0317. The number of ether oxygens (including phenoxy) is 2. The van der Waals surface area contributed by atoms with Crippen molar-refractivity contribution in [1.29, 1.82) is 21.0 Å². The van der Waals surface area contributed by atoms with Crippen LogP contribution in [0.15, 0.2) is 53.3 Å². The lowest BCUT2D eigenvalue weighted by Crippen LogP contribution is -2.83. The molecule has 1 aliphatic carbocycles. The molecule has 2 aromatic carbocycles. The lowest BCUT2D eigenvalue weighted by atomic mass is 9.79. The molecule has 2 amide bonds. The molecule has 1 heterocycles. The molecule has 0 saturated carbocycles. The molecular weight excluding hydrogens is 777 g/mol. The number of carbonyl (C=O) groups is 4. The fraction of sp³-hybridized carbons (Fsp3) is 0.413. The average molecular weight is 828 g/mol. The number of benzene rings is 2. The maximum atomic E-state index is 14.0. The van der Waals surface area contributed by atoms with Gasteiger partial charge in [0.15, 0.2) is 5.57 Å². The van der Waals surface area contributed by atoms with Crippen LogP contribution in [-0.4, -0.2) is 71.9 Å². The van der Waals surface area contributed by atoms with Gasteiger partial charge in [0.25, 0.3) is 0 Å². The average Bonchev–Trinajstić information content (AvgIpc) is 3.54. The summed E-state index contributed by atoms with van der Waals surface area (Å²) in [6.45, 7) is 13.8. The summed E-state index contributed by atoms with van der Waals surface area (Å²) in [5, 5.41) is 57.1. The molecule has 1 unspecified atom stereocenters. The van der Waals surface area contributed by atoms with Crippen molar-refractivity contribution in [1.82, 2.24) is 5.01 Å². The molecule has 0 radical (unpaired) electrons. The van der Waals surface area contributed by atoms with Crippen LogP contribution >= 0.6 is 0 Å². The van der Waals surface area contributed by atoms with Gasteiger partial charge < -0.3 is 24.8 Å². The van der Waals surface area contributed by atoms with Crippen molar-refractivity contribution in [3.63, 3.8) is 0 Å². The molecule has 4 rings (SSSR count). The first-order valence-electron chi connectivity index (χ1n) is 20.3. The number of nitrogens with one attached hydrogen (secondary N) is 2. The third-order valence-electron chi connectivity index (χ3n) is 10.4. The summed E-state index contributed by atoms with van der Waals surface area (Å²) in [4.78, 5) is 56.0. The van der Waals surface area contributed by atoms with Crippen molar-refractivity contribution in [2.24, 2.45) is 5.41 Å². The highest BCUT2D eigenvalue weighted by molar-refractivity contribution is 6.43. The number of nitrogens with zero attached hydrogens (tertiary/aromatic N) is 6. The molecule has 0 bridgehead atoms. The number of allylic oxidation sites excluding steroid dienone is 2. The molecule has 0 aromatic heterocycles. The Morgan fingerprint density at radius 2 is 1.62 bits per heavy atom. The van der Waals surface area contributed by atoms with E-state index < -0.39 is 28.8 Å². The number of carbonyl (C=O) groups excluding carboxylic acids is 4. The molecule has 1 aliphatic heterocycles. The minimum atomic E-state index is -0.823. The number of aryl methyl sites for hydroxylation is 1. The van der Waals surface area contributed by atoms with E-state index in [1.807, 2.05) is 43.0 Å². The number of nitriles is 4. The zero-order valence-corrected chi connectivity index (χ0v) is 35.7. The van der Waals surface area contributed by atoms with E-state index in [1.165, 1.54) is 23.2 Å². The number of unbranched alkanes of at least 4 members (excludes halogenated alkanes) is 1. The van der Waals surface area contributed by atoms with Crippen LogP contribution in [0.1, 0.15) is 91.7 Å². The van der Waals surface area contributed by atoms with Crippen LogP contribution in [0.25, 0.3) is 16.7 Å². The number of ketones is 1. The number of hydrazine groups is 1. The summed E-state index contributed by atoms with van der Waals surface area (Å²) >= 11 is 0. The highest BCUT2D eigenvalue weighted by atomic mass is 16.5. The molecule has 2 aliphatic rings. The predicted octanol–water partition coefficient (Wildman–Crippen LogP) is 3.46. The Labute approximate surface area is 355 Å². The highest BCUT2D eigenvalue weighted by Gasteiger charge is 2.50. The van der Waals surface area contributed by atoms with Crippen LogP contribution < -0.4 is 25.8 Å². The number of aliphatic hydroxyl groups excluding tert-OH is 1. The zero-order chi connectivity index (χ0) is 45.0. The predicted molar refractivity (Wildman–Crippen MR) is 226 cm³/mol. The van der Waals surface area contributed by atoms with Crippen molar-refractivity contribution in [2.45, 2.75) is 93.0 Å². The molecule has 0 fully saturated rings. The SMILES string of the molecule is CCCCC(CC)N1[NH+]=C(OCC)C(=C2C(=O)C(c3ccc(N(CC)CCOC(=O)CCc4cc(=C(C#N)C#N)ccc4=C(C#N)C#N)cc3NC(=O)C(C)(C)C)=C2O)C1=O. The zero-order valence-electron chi connectivity index (χ0n) is 35.7. The molecule has 0 saturated heterocycles. The third kappa shape index (κ3) is 10.3. The smallest absolute Gasteiger partial charge is 0.403 e. The van der Waals surface area contributed by atoms with Crippen LogP contribution in [0, 0.1) is 50.7 Å². The molecule has 61 heavy (non-hydrogen) atoms. The van der Waals surface area contributed by atoms with Crippen LogP contribution in [-0.2, 0) is 35.1 Å². The summed E-state index contributed by atoms with van der Waals surface area (Å²) in [5.74, 6) is -2.25. The Hall–Kier alpha value is -7.23. The minimum Gasteiger partial charge on any atom is -0.506 e. The monoisotopic (exact) mass is 827 g/mol. The molecule has 0 spiro atoms. The number of rotatable bonds is 16. The van der Waals surface area contributed by atoms with Gasteiger partial charge in [-0.2, -0.15) is 21.0 Å². The number of hydrogen-bond acceptors (Lipinski definition) is 12. The van der Waals surface area contributed by atoms with Gasteiger partial charge in [0, 0.05) is 40.1 Å². The number of amides is 2. The largest absolute Gasteiger partial charge is 0.506 e. The van der Waals surface area contributed by atoms with Crippen LogP contribution in [0.4, 0.5) is 11.4 Å². The van der Waals surface area contributed by atoms with Gasteiger partial charge in [-0.3, -0.25) is 19.2 Å². The van der Waals surface area contributed by atoms with Gasteiger partial charge in [-0.05, 0) is 62.9 Å². The van der Waals surface area contributed by atoms with Gasteiger partial charge in [-0.1, -0.05) is 64.7 Å². The second-order valence-corrected chi connectivity index (χ2v) is 15.4. The summed E-state index contributed by atoms with van der Waals surface area (Å²) < 4.78 is 11.3. The van der Waals surface area contributed by atoms with Gasteiger partial charge in [0.2, 0.25) is 11.7 Å². The quantitative estimate of drug-likeness (QED) is 0.163. The lowest BCUT2D eigenvalue weighted by molar-refractivity contribution is -0.631. The van der Waals surface area contributed by atoms with Crippen molar-refractivity contribution in [3.05, 3.63) is 74.9 Å². The standard InChI is InChI=1S/C46H50N8O7/c1-8-12-13-32(9-2)54-44(58)40(43(52-54)60-11-4)39-41(56)38(42(39)57)35-18-16-33(23-36(35)51-45(59)46(5,6)7)53(10-3)20-21-61-37(55)19-15-29-22-28(30(24-47)25-48)14-17-34(29)31(26-49)27-50/h14,16-18,22-23,32,56H,8-13,15,19-21H2,1-7H3,(H,51,59)/p+1. The molecule has 15 nitrogen and oxygen atoms in total. The van der Waals surface area contributed by atoms with Gasteiger partial charge in [0.1, 0.15) is 47.8 Å². The second kappa shape index (κ2) is 20.6. The highest BCUT2D eigenvalue weighted by Crippen LogP contribution is 2.43. The van der Waals surface area contributed by atoms with Crippen LogP contribution in [0.5, 0.6) is 0 Å². The molecule has 1 atom stereocenters. The first-order valence-corrected chi connectivity index (χ1v) is 20.3. The van der Waals surface area contributed by atoms with Crippen molar-refractivity contribution < 1.29 is 38.9 Å². The van der Waals surface area contributed by atoms with E-state index in [9.17, 15) is 45.3 Å². The number of likely N-dealkylation sites (N-methyl/N-ethyl adjacent to an activating group) is 1. The number of aliphatic hydroxyl groups is 1. The molecule has 3 N–H and O–H groups in total. The number of anilines is 2. The van der Waals surface area contributed by atoms with E-state index in [4.69, 9.17) is 9.47 Å². The van der Waals surface area contributed by atoms with Gasteiger partial charge in [-0.15, -0.1) is 5.01 Å². The number of hydrogen-bond donors (Lipinski definition) is 3. The Morgan fingerprint density at radius 3 is 2.20 bits per heavy atom. The van der Waals surface area contributed by atoms with E-state index in [0.717, 1.165) is 19.3 Å². The van der Waals surface area contributed by atoms with Crippen molar-refractivity contribution in [3.8, 4) is 24.3 Å². The Kier molecular flexibility index (Phi) is 15.7. The van der Waals surface area contributed by atoms with Crippen molar-refractivity contribution >= 4 is 57.6 Å². The van der Waals surface area contributed by atoms with Crippen LogP contribution in [0.2, 0.25) is 0 Å². The number of hydrazone groups is 1. The lowest BCUT2D eigenvalue weighted by Gasteiger charge is -2.28. The Bertz CT molecular complexity index is 2470.